The van der Waals surface area contributed by atoms with Gasteiger partial charge >= 0.3 is 5.97 Å². The van der Waals surface area contributed by atoms with Gasteiger partial charge in [0.05, 0.1) is 4.91 Å². The van der Waals surface area contributed by atoms with E-state index >= 15 is 0 Å². The fourth-order valence-corrected chi connectivity index (χ4v) is 3.97. The maximum Gasteiger partial charge on any atom is 0.323 e. The summed E-state index contributed by atoms with van der Waals surface area (Å²) in [5.74, 6) is -0.799. The van der Waals surface area contributed by atoms with E-state index in [0.29, 0.717) is 22.3 Å². The van der Waals surface area contributed by atoms with Gasteiger partial charge in [-0.25, -0.2) is 0 Å². The normalized spacial score (nSPS) is 18.6. The molecule has 8 heteroatoms. The van der Waals surface area contributed by atoms with Gasteiger partial charge < -0.3 is 9.84 Å². The Balaban J connectivity index is 1.72. The maximum absolute atomic E-state index is 12.4. The molecular formula is C19H16ClNO4S2. The number of ether oxygens (including phenoxy) is 1. The molecule has 1 aliphatic carbocycles. The molecule has 0 radical (unpaired) electrons. The highest BCUT2D eigenvalue weighted by molar-refractivity contribution is 8.26. The van der Waals surface area contributed by atoms with Gasteiger partial charge in [0.2, 0.25) is 0 Å². The van der Waals surface area contributed by atoms with Crippen molar-refractivity contribution < 1.29 is 19.4 Å². The van der Waals surface area contributed by atoms with Gasteiger partial charge in [-0.1, -0.05) is 53.8 Å². The van der Waals surface area contributed by atoms with Crippen molar-refractivity contribution in [3.8, 4) is 0 Å². The Hall–Kier alpha value is -2.09. The predicted octanol–water partition coefficient (Wildman–Crippen LogP) is 4.29. The Labute approximate surface area is 171 Å². The Morgan fingerprint density at radius 3 is 2.70 bits per heavy atom. The Bertz CT molecular complexity index is 874. The fraction of sp³-hybridized carbons (Fsp3) is 0.211. The van der Waals surface area contributed by atoms with Crippen LogP contribution in [0.3, 0.4) is 0 Å². The molecule has 0 bridgehead atoms. The molecule has 1 amide bonds. The molecule has 27 heavy (non-hydrogen) atoms. The van der Waals surface area contributed by atoms with Crippen LogP contribution in [0.15, 0.2) is 58.7 Å². The summed E-state index contributed by atoms with van der Waals surface area (Å²) in [5.41, 5.74) is 1.78. The van der Waals surface area contributed by atoms with E-state index in [9.17, 15) is 9.59 Å². The number of rotatable bonds is 6. The number of thiocarbonyl (C=S) groups is 1. The second-order valence-electron chi connectivity index (χ2n) is 5.88. The lowest BCUT2D eigenvalue weighted by Gasteiger charge is -2.16. The molecule has 1 fully saturated rings. The predicted molar refractivity (Wildman–Crippen MR) is 109 cm³/mol. The third kappa shape index (κ3) is 5.00. The molecule has 140 valence electrons. The van der Waals surface area contributed by atoms with Crippen LogP contribution in [0.5, 0.6) is 0 Å². The van der Waals surface area contributed by atoms with Crippen LogP contribution in [0.25, 0.3) is 0 Å². The molecule has 0 atom stereocenters. The van der Waals surface area contributed by atoms with Crippen molar-refractivity contribution in [1.82, 2.24) is 4.90 Å². The summed E-state index contributed by atoms with van der Waals surface area (Å²) < 4.78 is 6.18. The van der Waals surface area contributed by atoms with E-state index in [2.05, 4.69) is 0 Å². The van der Waals surface area contributed by atoms with Crippen LogP contribution in [0.2, 0.25) is 5.02 Å². The van der Waals surface area contributed by atoms with E-state index in [0.717, 1.165) is 40.6 Å². The molecule has 1 saturated heterocycles. The molecular weight excluding hydrogens is 406 g/mol. The standard InChI is InChI=1S/C19H16ClNO4S2/c20-14-7-5-12(6-8-14)11-25-15-4-2-1-3-13(15)9-16-18(24)21(10-17(22)23)19(26)27-16/h3-9H,1-2,10-11H2,(H,22,23)/b16-9-. The van der Waals surface area contributed by atoms with Crippen molar-refractivity contribution in [3.63, 3.8) is 0 Å². The lowest BCUT2D eigenvalue weighted by atomic mass is 10.0. The quantitative estimate of drug-likeness (QED) is 0.546. The monoisotopic (exact) mass is 421 g/mol. The third-order valence-corrected chi connectivity index (χ3v) is 5.54. The summed E-state index contributed by atoms with van der Waals surface area (Å²) >= 11 is 12.1. The largest absolute Gasteiger partial charge is 0.489 e. The first-order valence-corrected chi connectivity index (χ1v) is 9.79. The van der Waals surface area contributed by atoms with Gasteiger partial charge in [0, 0.05) is 10.6 Å². The Kier molecular flexibility index (Phi) is 6.36. The molecule has 1 aromatic rings. The number of carboxylic acids is 1. The topological polar surface area (TPSA) is 66.8 Å². The van der Waals surface area contributed by atoms with Crippen LogP contribution < -0.4 is 0 Å². The molecule has 1 aliphatic heterocycles. The van der Waals surface area contributed by atoms with E-state index in [-0.39, 0.29) is 4.32 Å². The van der Waals surface area contributed by atoms with Crippen LogP contribution >= 0.6 is 35.6 Å². The number of benzene rings is 1. The molecule has 0 aromatic heterocycles. The molecule has 1 aromatic carbocycles. The molecule has 0 spiro atoms. The first-order chi connectivity index (χ1) is 12.9. The zero-order valence-electron chi connectivity index (χ0n) is 14.2. The number of aliphatic carboxylic acids is 1. The van der Waals surface area contributed by atoms with Crippen LogP contribution in [0.4, 0.5) is 0 Å². The number of hydrogen-bond donors (Lipinski definition) is 1. The van der Waals surface area contributed by atoms with Crippen LogP contribution in [0.1, 0.15) is 18.4 Å². The number of thioether (sulfide) groups is 1. The summed E-state index contributed by atoms with van der Waals surface area (Å²) in [5, 5.41) is 9.59. The van der Waals surface area contributed by atoms with Gasteiger partial charge in [-0.2, -0.15) is 0 Å². The molecule has 2 aliphatic rings. The molecule has 0 unspecified atom stereocenters. The molecule has 3 rings (SSSR count). The Morgan fingerprint density at radius 2 is 2.00 bits per heavy atom. The first-order valence-electron chi connectivity index (χ1n) is 8.19. The van der Waals surface area contributed by atoms with E-state index in [1.807, 2.05) is 24.3 Å². The third-order valence-electron chi connectivity index (χ3n) is 3.91. The van der Waals surface area contributed by atoms with E-state index in [4.69, 9.17) is 33.7 Å². The van der Waals surface area contributed by atoms with Gasteiger partial charge in [-0.05, 0) is 42.7 Å². The SMILES string of the molecule is O=C(O)CN1C(=O)/C(=C/C2=CCCC=C2OCc2ccc(Cl)cc2)SC1=S. The zero-order chi connectivity index (χ0) is 19.4. The number of carboxylic acid groups (broad SMARTS) is 1. The van der Waals surface area contributed by atoms with Crippen molar-refractivity contribution in [1.29, 1.82) is 0 Å². The van der Waals surface area contributed by atoms with Gasteiger partial charge in [-0.3, -0.25) is 14.5 Å². The molecule has 5 nitrogen and oxygen atoms in total. The van der Waals surface area contributed by atoms with Crippen molar-refractivity contribution in [2.45, 2.75) is 19.4 Å². The molecule has 1 heterocycles. The minimum absolute atomic E-state index is 0.248. The second-order valence-corrected chi connectivity index (χ2v) is 7.99. The van der Waals surface area contributed by atoms with Crippen molar-refractivity contribution in [2.24, 2.45) is 0 Å². The Morgan fingerprint density at radius 1 is 1.30 bits per heavy atom. The van der Waals surface area contributed by atoms with Crippen LogP contribution in [0, 0.1) is 0 Å². The summed E-state index contributed by atoms with van der Waals surface area (Å²) in [6.07, 6.45) is 7.40. The lowest BCUT2D eigenvalue weighted by molar-refractivity contribution is -0.140. The highest BCUT2D eigenvalue weighted by Gasteiger charge is 2.33. The number of nitrogens with zero attached hydrogens (tertiary/aromatic N) is 1. The number of allylic oxidation sites excluding steroid dienone is 3. The first kappa shape index (κ1) is 19.7. The summed E-state index contributed by atoms with van der Waals surface area (Å²) in [6.45, 7) is -0.0506. The van der Waals surface area contributed by atoms with Crippen molar-refractivity contribution >= 4 is 51.8 Å². The fourth-order valence-electron chi connectivity index (χ4n) is 2.60. The van der Waals surface area contributed by atoms with Crippen molar-refractivity contribution in [2.75, 3.05) is 6.54 Å². The van der Waals surface area contributed by atoms with Gasteiger partial charge in [-0.15, -0.1) is 0 Å². The highest BCUT2D eigenvalue weighted by Crippen LogP contribution is 2.34. The van der Waals surface area contributed by atoms with E-state index in [1.165, 1.54) is 0 Å². The van der Waals surface area contributed by atoms with Crippen LogP contribution in [-0.2, 0) is 20.9 Å². The van der Waals surface area contributed by atoms with Gasteiger partial charge in [0.15, 0.2) is 0 Å². The van der Waals surface area contributed by atoms with Gasteiger partial charge in [0.1, 0.15) is 23.2 Å². The second kappa shape index (κ2) is 8.73. The molecule has 0 saturated carbocycles. The van der Waals surface area contributed by atoms with Crippen molar-refractivity contribution in [3.05, 3.63) is 69.3 Å². The average molecular weight is 422 g/mol. The van der Waals surface area contributed by atoms with E-state index < -0.39 is 18.4 Å². The number of halogens is 1. The number of carbonyl (C=O) groups is 2. The lowest BCUT2D eigenvalue weighted by Crippen LogP contribution is -2.33. The minimum Gasteiger partial charge on any atom is -0.489 e. The smallest absolute Gasteiger partial charge is 0.323 e. The minimum atomic E-state index is -1.10. The summed E-state index contributed by atoms with van der Waals surface area (Å²) in [6, 6.07) is 7.40. The highest BCUT2D eigenvalue weighted by atomic mass is 35.5. The summed E-state index contributed by atoms with van der Waals surface area (Å²) in [4.78, 5) is 24.8. The number of hydrogen-bond acceptors (Lipinski definition) is 5. The number of carbonyl (C=O) groups excluding carboxylic acids is 1. The van der Waals surface area contributed by atoms with E-state index in [1.54, 1.807) is 18.2 Å². The average Bonchev–Trinajstić information content (AvgIpc) is 2.89. The number of amides is 1. The summed E-state index contributed by atoms with van der Waals surface area (Å²) in [7, 11) is 0. The maximum atomic E-state index is 12.4. The zero-order valence-corrected chi connectivity index (χ0v) is 16.6. The van der Waals surface area contributed by atoms with Crippen LogP contribution in [-0.4, -0.2) is 32.7 Å². The molecule has 1 N–H and O–H groups in total. The van der Waals surface area contributed by atoms with Gasteiger partial charge in [0.25, 0.3) is 5.91 Å².